The highest BCUT2D eigenvalue weighted by molar-refractivity contribution is 14.1. The van der Waals surface area contributed by atoms with Gasteiger partial charge < -0.3 is 0 Å². The summed E-state index contributed by atoms with van der Waals surface area (Å²) in [5.74, 6) is 1.77. The molecule has 0 saturated heterocycles. The number of halogens is 1. The van der Waals surface area contributed by atoms with Crippen molar-refractivity contribution >= 4 is 34.1 Å². The number of aromatic nitrogens is 2. The Morgan fingerprint density at radius 2 is 2.00 bits per heavy atom. The van der Waals surface area contributed by atoms with Crippen LogP contribution >= 0.6 is 34.1 Å². The van der Waals surface area contributed by atoms with Crippen LogP contribution in [0.25, 0.3) is 0 Å². The van der Waals surface area contributed by atoms with Crippen molar-refractivity contribution in [1.29, 1.82) is 0 Å². The number of rotatable bonds is 1. The second kappa shape index (κ2) is 4.00. The fourth-order valence-corrected chi connectivity index (χ4v) is 2.78. The van der Waals surface area contributed by atoms with Crippen LogP contribution < -0.4 is 0 Å². The molecule has 1 aliphatic carbocycles. The molecule has 0 N–H and O–H groups in total. The van der Waals surface area contributed by atoms with Gasteiger partial charge in [-0.1, -0.05) is 19.3 Å². The fourth-order valence-electron chi connectivity index (χ4n) is 1.74. The van der Waals surface area contributed by atoms with E-state index < -0.39 is 0 Å². The zero-order chi connectivity index (χ0) is 8.39. The first kappa shape index (κ1) is 8.87. The molecule has 4 heteroatoms. The summed E-state index contributed by atoms with van der Waals surface area (Å²) in [4.78, 5) is 4.43. The van der Waals surface area contributed by atoms with Gasteiger partial charge >= 0.3 is 0 Å². The average Bonchev–Trinajstić information content (AvgIpc) is 2.54. The molecule has 66 valence electrons. The highest BCUT2D eigenvalue weighted by Crippen LogP contribution is 2.31. The minimum atomic E-state index is 0.665. The van der Waals surface area contributed by atoms with Gasteiger partial charge in [-0.3, -0.25) is 0 Å². The van der Waals surface area contributed by atoms with E-state index in [1.165, 1.54) is 43.6 Å². The maximum absolute atomic E-state index is 4.43. The molecule has 0 amide bonds. The van der Waals surface area contributed by atoms with Crippen LogP contribution in [0.4, 0.5) is 0 Å². The first-order valence-electron chi connectivity index (χ1n) is 4.35. The molecule has 1 aromatic heterocycles. The zero-order valence-corrected chi connectivity index (χ0v) is 9.77. The Morgan fingerprint density at radius 1 is 1.25 bits per heavy atom. The van der Waals surface area contributed by atoms with Crippen LogP contribution in [0, 0.1) is 3.01 Å². The molecule has 1 aromatic rings. The van der Waals surface area contributed by atoms with Crippen LogP contribution in [0.2, 0.25) is 0 Å². The Balaban J connectivity index is 2.08. The molecule has 0 unspecified atom stereocenters. The normalized spacial score (nSPS) is 19.8. The lowest BCUT2D eigenvalue weighted by atomic mass is 9.89. The molecular weight excluding hydrogens is 283 g/mol. The summed E-state index contributed by atoms with van der Waals surface area (Å²) in [5.41, 5.74) is 0. The van der Waals surface area contributed by atoms with Crippen molar-refractivity contribution in [3.63, 3.8) is 0 Å². The molecule has 1 aliphatic rings. The Kier molecular flexibility index (Phi) is 2.96. The van der Waals surface area contributed by atoms with Crippen LogP contribution in [0.1, 0.15) is 43.8 Å². The Labute approximate surface area is 90.1 Å². The van der Waals surface area contributed by atoms with E-state index in [-0.39, 0.29) is 0 Å². The molecule has 0 aromatic carbocycles. The highest BCUT2D eigenvalue weighted by Gasteiger charge is 2.18. The van der Waals surface area contributed by atoms with E-state index in [0.717, 1.165) is 8.84 Å². The molecule has 0 radical (unpaired) electrons. The summed E-state index contributed by atoms with van der Waals surface area (Å²) in [6.45, 7) is 0. The summed E-state index contributed by atoms with van der Waals surface area (Å²) >= 11 is 3.77. The second-order valence-electron chi connectivity index (χ2n) is 3.24. The predicted octanol–water partition coefficient (Wildman–Crippen LogP) is 3.19. The third kappa shape index (κ3) is 1.96. The van der Waals surface area contributed by atoms with Gasteiger partial charge in [-0.05, 0) is 47.0 Å². The van der Waals surface area contributed by atoms with E-state index in [0.29, 0.717) is 5.92 Å². The predicted molar refractivity (Wildman–Crippen MR) is 58.5 cm³/mol. The highest BCUT2D eigenvalue weighted by atomic mass is 127. The number of nitrogens with zero attached hydrogens (tertiary/aromatic N) is 2. The minimum Gasteiger partial charge on any atom is -0.213 e. The van der Waals surface area contributed by atoms with Crippen molar-refractivity contribution in [1.82, 2.24) is 9.36 Å². The first-order chi connectivity index (χ1) is 5.86. The van der Waals surface area contributed by atoms with E-state index in [1.54, 1.807) is 0 Å². The largest absolute Gasteiger partial charge is 0.213 e. The number of hydrogen-bond donors (Lipinski definition) is 0. The Bertz CT molecular complexity index is 255. The standard InChI is InChI=1S/C8H11IN2S/c9-8-10-7(11-12-8)6-4-2-1-3-5-6/h6H,1-5H2. The fraction of sp³-hybridized carbons (Fsp3) is 0.750. The third-order valence-electron chi connectivity index (χ3n) is 2.39. The van der Waals surface area contributed by atoms with Gasteiger partial charge in [0.15, 0.2) is 3.01 Å². The topological polar surface area (TPSA) is 25.8 Å². The van der Waals surface area contributed by atoms with Gasteiger partial charge in [-0.25, -0.2) is 4.98 Å². The smallest absolute Gasteiger partial charge is 0.173 e. The van der Waals surface area contributed by atoms with Crippen LogP contribution in [0.15, 0.2) is 0 Å². The van der Waals surface area contributed by atoms with Gasteiger partial charge in [0.1, 0.15) is 5.82 Å². The molecule has 12 heavy (non-hydrogen) atoms. The summed E-state index contributed by atoms with van der Waals surface area (Å²) in [6, 6.07) is 0. The first-order valence-corrected chi connectivity index (χ1v) is 6.20. The molecule has 2 nitrogen and oxygen atoms in total. The van der Waals surface area contributed by atoms with Crippen molar-refractivity contribution in [2.75, 3.05) is 0 Å². The van der Waals surface area contributed by atoms with Crippen molar-refractivity contribution in [2.45, 2.75) is 38.0 Å². The monoisotopic (exact) mass is 294 g/mol. The van der Waals surface area contributed by atoms with Gasteiger partial charge in [0.25, 0.3) is 0 Å². The summed E-state index contributed by atoms with van der Waals surface area (Å²) in [6.07, 6.45) is 6.72. The van der Waals surface area contributed by atoms with Crippen molar-refractivity contribution < 1.29 is 0 Å². The van der Waals surface area contributed by atoms with E-state index >= 15 is 0 Å². The zero-order valence-electron chi connectivity index (χ0n) is 6.79. The van der Waals surface area contributed by atoms with Crippen LogP contribution in [0.3, 0.4) is 0 Å². The second-order valence-corrected chi connectivity index (χ2v) is 5.75. The third-order valence-corrected chi connectivity index (χ3v) is 3.74. The van der Waals surface area contributed by atoms with Crippen molar-refractivity contribution in [3.05, 3.63) is 8.84 Å². The minimum absolute atomic E-state index is 0.665. The lowest BCUT2D eigenvalue weighted by Crippen LogP contribution is -2.05. The molecule has 0 bridgehead atoms. The molecule has 0 spiro atoms. The molecule has 1 heterocycles. The maximum atomic E-state index is 4.43. The number of hydrogen-bond acceptors (Lipinski definition) is 3. The van der Waals surface area contributed by atoms with Gasteiger partial charge in [0.05, 0.1) is 0 Å². The van der Waals surface area contributed by atoms with Crippen molar-refractivity contribution in [2.24, 2.45) is 0 Å². The summed E-state index contributed by atoms with van der Waals surface area (Å²) in [5, 5.41) is 0. The van der Waals surface area contributed by atoms with E-state index in [9.17, 15) is 0 Å². The quantitative estimate of drug-likeness (QED) is 0.743. The van der Waals surface area contributed by atoms with Crippen molar-refractivity contribution in [3.8, 4) is 0 Å². The van der Waals surface area contributed by atoms with Gasteiger partial charge in [-0.2, -0.15) is 4.37 Å². The summed E-state index contributed by atoms with van der Waals surface area (Å²) < 4.78 is 5.44. The Morgan fingerprint density at radius 3 is 2.58 bits per heavy atom. The lowest BCUT2D eigenvalue weighted by molar-refractivity contribution is 0.431. The van der Waals surface area contributed by atoms with Crippen LogP contribution in [0.5, 0.6) is 0 Å². The Hall–Kier alpha value is 0.290. The van der Waals surface area contributed by atoms with Crippen LogP contribution in [-0.2, 0) is 0 Å². The van der Waals surface area contributed by atoms with Gasteiger partial charge in [0, 0.05) is 5.92 Å². The van der Waals surface area contributed by atoms with E-state index in [2.05, 4.69) is 31.9 Å². The van der Waals surface area contributed by atoms with E-state index in [1.807, 2.05) is 0 Å². The summed E-state index contributed by atoms with van der Waals surface area (Å²) in [7, 11) is 0. The lowest BCUT2D eigenvalue weighted by Gasteiger charge is -2.17. The van der Waals surface area contributed by atoms with Gasteiger partial charge in [0.2, 0.25) is 0 Å². The molecule has 0 atom stereocenters. The average molecular weight is 294 g/mol. The van der Waals surface area contributed by atoms with E-state index in [4.69, 9.17) is 0 Å². The van der Waals surface area contributed by atoms with Gasteiger partial charge in [-0.15, -0.1) is 0 Å². The molecule has 1 saturated carbocycles. The molecule has 1 fully saturated rings. The maximum Gasteiger partial charge on any atom is 0.173 e. The SMILES string of the molecule is Ic1nc(C2CCCCC2)ns1. The molecule has 2 rings (SSSR count). The molecule has 0 aliphatic heterocycles. The molecular formula is C8H11IN2S. The van der Waals surface area contributed by atoms with Crippen LogP contribution in [-0.4, -0.2) is 9.36 Å².